The van der Waals surface area contributed by atoms with Crippen molar-refractivity contribution in [2.75, 3.05) is 33.8 Å². The third kappa shape index (κ3) is 32.8. The minimum Gasteiger partial charge on any atom is -0.395 e. The molecule has 0 aliphatic heterocycles. The van der Waals surface area contributed by atoms with E-state index in [1.165, 1.54) is 0 Å². The van der Waals surface area contributed by atoms with Crippen LogP contribution in [-0.2, 0) is 0 Å². The Morgan fingerprint density at radius 3 is 1.67 bits per heavy atom. The number of aliphatic hydroxyl groups excluding tert-OH is 1. The zero-order chi connectivity index (χ0) is 7.54. The summed E-state index contributed by atoms with van der Waals surface area (Å²) in [5, 5.41) is 13.7. The van der Waals surface area contributed by atoms with Gasteiger partial charge in [0, 0.05) is 6.54 Å². The van der Waals surface area contributed by atoms with Gasteiger partial charge in [0.15, 0.2) is 0 Å². The summed E-state index contributed by atoms with van der Waals surface area (Å²) in [6.07, 6.45) is 0. The third-order valence-corrected chi connectivity index (χ3v) is 0.715. The number of aliphatic hydroxyl groups is 1. The van der Waals surface area contributed by atoms with Crippen molar-refractivity contribution in [2.45, 2.75) is 6.92 Å². The molecule has 0 aliphatic carbocycles. The molecule has 0 rings (SSSR count). The van der Waals surface area contributed by atoms with Crippen molar-refractivity contribution < 1.29 is 5.11 Å². The molecule has 0 saturated carbocycles. The van der Waals surface area contributed by atoms with E-state index in [4.69, 9.17) is 5.11 Å². The van der Waals surface area contributed by atoms with Gasteiger partial charge in [-0.1, -0.05) is 6.92 Å². The van der Waals surface area contributed by atoms with Crippen LogP contribution in [0.2, 0.25) is 0 Å². The minimum atomic E-state index is 0.233. The van der Waals surface area contributed by atoms with Gasteiger partial charge >= 0.3 is 0 Å². The summed E-state index contributed by atoms with van der Waals surface area (Å²) in [5.41, 5.74) is 0. The summed E-state index contributed by atoms with van der Waals surface area (Å²) in [5.74, 6) is 0. The van der Waals surface area contributed by atoms with Gasteiger partial charge in [-0.25, -0.2) is 0 Å². The van der Waals surface area contributed by atoms with Gasteiger partial charge in [0.1, 0.15) is 0 Å². The molecule has 0 amide bonds. The molecule has 0 aromatic carbocycles. The van der Waals surface area contributed by atoms with Crippen molar-refractivity contribution >= 4 is 0 Å². The van der Waals surface area contributed by atoms with Gasteiger partial charge in [0.2, 0.25) is 0 Å². The smallest absolute Gasteiger partial charge is 0.0555 e. The molecule has 9 heavy (non-hydrogen) atoms. The monoisotopic (exact) mass is 134 g/mol. The molecular formula is C6H18N2O. The number of hydrogen-bond acceptors (Lipinski definition) is 3. The van der Waals surface area contributed by atoms with E-state index in [9.17, 15) is 0 Å². The van der Waals surface area contributed by atoms with Crippen LogP contribution in [0, 0.1) is 0 Å². The third-order valence-electron chi connectivity index (χ3n) is 0.715. The van der Waals surface area contributed by atoms with Crippen molar-refractivity contribution in [3.05, 3.63) is 0 Å². The van der Waals surface area contributed by atoms with E-state index in [0.29, 0.717) is 6.54 Å². The van der Waals surface area contributed by atoms with Crippen LogP contribution in [0.1, 0.15) is 6.92 Å². The highest BCUT2D eigenvalue weighted by Crippen LogP contribution is 1.42. The molecule has 58 valence electrons. The van der Waals surface area contributed by atoms with Crippen LogP contribution in [0.5, 0.6) is 0 Å². The van der Waals surface area contributed by atoms with Crippen molar-refractivity contribution in [2.24, 2.45) is 0 Å². The molecule has 0 saturated heterocycles. The lowest BCUT2D eigenvalue weighted by Crippen LogP contribution is -2.10. The summed E-state index contributed by atoms with van der Waals surface area (Å²) >= 11 is 0. The largest absolute Gasteiger partial charge is 0.395 e. The van der Waals surface area contributed by atoms with Crippen molar-refractivity contribution in [1.29, 1.82) is 0 Å². The SMILES string of the molecule is CCNC.CNCCO. The van der Waals surface area contributed by atoms with Crippen LogP contribution >= 0.6 is 0 Å². The van der Waals surface area contributed by atoms with Gasteiger partial charge in [-0.05, 0) is 20.6 Å². The summed E-state index contributed by atoms with van der Waals surface area (Å²) in [6.45, 7) is 4.07. The maximum Gasteiger partial charge on any atom is 0.0555 e. The van der Waals surface area contributed by atoms with Gasteiger partial charge < -0.3 is 15.7 Å². The molecule has 0 radical (unpaired) electrons. The number of rotatable bonds is 3. The topological polar surface area (TPSA) is 44.3 Å². The predicted molar refractivity (Wildman–Crippen MR) is 40.6 cm³/mol. The maximum atomic E-state index is 8.00. The molecule has 0 aliphatic rings. The number of hydrogen-bond donors (Lipinski definition) is 3. The van der Waals surface area contributed by atoms with Crippen molar-refractivity contribution in [1.82, 2.24) is 10.6 Å². The second-order valence-electron chi connectivity index (χ2n) is 1.53. The first-order valence-electron chi connectivity index (χ1n) is 3.23. The van der Waals surface area contributed by atoms with Crippen LogP contribution in [0.25, 0.3) is 0 Å². The molecule has 0 heterocycles. The molecule has 0 aromatic rings. The Morgan fingerprint density at radius 2 is 1.67 bits per heavy atom. The second kappa shape index (κ2) is 15.7. The summed E-state index contributed by atoms with van der Waals surface area (Å²) < 4.78 is 0. The number of nitrogens with one attached hydrogen (secondary N) is 2. The highest BCUT2D eigenvalue weighted by molar-refractivity contribution is 4.27. The Kier molecular flexibility index (Phi) is 20.3. The molecule has 3 heteroatoms. The van der Waals surface area contributed by atoms with Crippen molar-refractivity contribution in [3.8, 4) is 0 Å². The van der Waals surface area contributed by atoms with E-state index in [2.05, 4.69) is 17.6 Å². The van der Waals surface area contributed by atoms with E-state index in [1.54, 1.807) is 7.05 Å². The average molecular weight is 134 g/mol. The van der Waals surface area contributed by atoms with Crippen LogP contribution < -0.4 is 10.6 Å². The minimum absolute atomic E-state index is 0.233. The fourth-order valence-electron chi connectivity index (χ4n) is 0.112. The molecule has 0 unspecified atom stereocenters. The van der Waals surface area contributed by atoms with E-state index in [1.807, 2.05) is 7.05 Å². The highest BCUT2D eigenvalue weighted by Gasteiger charge is 1.65. The van der Waals surface area contributed by atoms with Crippen LogP contribution in [0.3, 0.4) is 0 Å². The van der Waals surface area contributed by atoms with Gasteiger partial charge in [0.25, 0.3) is 0 Å². The fraction of sp³-hybridized carbons (Fsp3) is 1.00. The Labute approximate surface area is 57.5 Å². The maximum absolute atomic E-state index is 8.00. The lowest BCUT2D eigenvalue weighted by Gasteiger charge is -1.84. The normalized spacial score (nSPS) is 8.00. The summed E-state index contributed by atoms with van der Waals surface area (Å²) in [4.78, 5) is 0. The fourth-order valence-corrected chi connectivity index (χ4v) is 0.112. The van der Waals surface area contributed by atoms with Gasteiger partial charge in [0.05, 0.1) is 6.61 Å². The molecule has 3 nitrogen and oxygen atoms in total. The number of likely N-dealkylation sites (N-methyl/N-ethyl adjacent to an activating group) is 1. The molecule has 0 bridgehead atoms. The summed E-state index contributed by atoms with van der Waals surface area (Å²) in [6, 6.07) is 0. The predicted octanol–water partition coefficient (Wildman–Crippen LogP) is -0.576. The van der Waals surface area contributed by atoms with E-state index in [-0.39, 0.29) is 6.61 Å². The first-order chi connectivity index (χ1) is 4.33. The second-order valence-corrected chi connectivity index (χ2v) is 1.53. The zero-order valence-electron chi connectivity index (χ0n) is 6.57. The molecule has 0 atom stereocenters. The Hall–Kier alpha value is -0.120. The first-order valence-corrected chi connectivity index (χ1v) is 3.23. The van der Waals surface area contributed by atoms with Gasteiger partial charge in [-0.2, -0.15) is 0 Å². The van der Waals surface area contributed by atoms with Gasteiger partial charge in [-0.15, -0.1) is 0 Å². The quantitative estimate of drug-likeness (QED) is 0.484. The Balaban J connectivity index is 0. The summed E-state index contributed by atoms with van der Waals surface area (Å²) in [7, 11) is 3.73. The van der Waals surface area contributed by atoms with Crippen LogP contribution in [0.4, 0.5) is 0 Å². The molecule has 0 aromatic heterocycles. The van der Waals surface area contributed by atoms with E-state index >= 15 is 0 Å². The van der Waals surface area contributed by atoms with Crippen LogP contribution in [-0.4, -0.2) is 38.9 Å². The zero-order valence-corrected chi connectivity index (χ0v) is 6.57. The molecular weight excluding hydrogens is 116 g/mol. The molecule has 0 fully saturated rings. The highest BCUT2D eigenvalue weighted by atomic mass is 16.3. The standard InChI is InChI=1S/C3H9NO.C3H9N/c1-4-2-3-5;1-3-4-2/h4-5H,2-3H2,1H3;4H,3H2,1-2H3. The van der Waals surface area contributed by atoms with E-state index in [0.717, 1.165) is 6.54 Å². The van der Waals surface area contributed by atoms with Crippen molar-refractivity contribution in [3.63, 3.8) is 0 Å². The van der Waals surface area contributed by atoms with E-state index < -0.39 is 0 Å². The first kappa shape index (κ1) is 11.6. The Bertz CT molecular complexity index is 30.2. The van der Waals surface area contributed by atoms with Gasteiger partial charge in [-0.3, -0.25) is 0 Å². The Morgan fingerprint density at radius 1 is 1.22 bits per heavy atom. The van der Waals surface area contributed by atoms with Crippen LogP contribution in [0.15, 0.2) is 0 Å². The molecule has 3 N–H and O–H groups in total. The lowest BCUT2D eigenvalue weighted by molar-refractivity contribution is 0.296. The molecule has 0 spiro atoms. The lowest BCUT2D eigenvalue weighted by atomic mass is 10.7. The average Bonchev–Trinajstić information content (AvgIpc) is 1.91.